The smallest absolute Gasteiger partial charge is 0.253 e. The lowest BCUT2D eigenvalue weighted by Crippen LogP contribution is -2.57. The number of pyridine rings is 1. The zero-order chi connectivity index (χ0) is 37.8. The molecule has 0 saturated carbocycles. The van der Waals surface area contributed by atoms with E-state index in [-0.39, 0.29) is 36.5 Å². The lowest BCUT2D eigenvalue weighted by atomic mass is 9.84. The number of nitrogens with one attached hydrogen (secondary N) is 2. The number of aliphatic hydroxyl groups excluding tert-OH is 1. The summed E-state index contributed by atoms with van der Waals surface area (Å²) in [5.41, 5.74) is 6.87. The van der Waals surface area contributed by atoms with Crippen LogP contribution in [0.3, 0.4) is 0 Å². The van der Waals surface area contributed by atoms with Crippen LogP contribution in [-0.2, 0) is 27.4 Å². The number of para-hydroxylation sites is 1. The predicted octanol–water partition coefficient (Wildman–Crippen LogP) is 6.39. The quantitative estimate of drug-likeness (QED) is 0.151. The molecule has 10 heteroatoms. The van der Waals surface area contributed by atoms with Crippen molar-refractivity contribution in [2.75, 3.05) is 31.2 Å². The van der Waals surface area contributed by atoms with Gasteiger partial charge in [-0.15, -0.1) is 0 Å². The van der Waals surface area contributed by atoms with Crippen LogP contribution < -0.4 is 15.5 Å². The Labute approximate surface area is 322 Å². The van der Waals surface area contributed by atoms with Crippen molar-refractivity contribution in [2.24, 2.45) is 5.92 Å². The van der Waals surface area contributed by atoms with Gasteiger partial charge in [-0.25, -0.2) is 0 Å². The number of ether oxygens (including phenoxy) is 2. The lowest BCUT2D eigenvalue weighted by molar-refractivity contribution is -0.276. The van der Waals surface area contributed by atoms with Crippen molar-refractivity contribution in [1.82, 2.24) is 20.5 Å². The van der Waals surface area contributed by atoms with Crippen molar-refractivity contribution in [3.05, 3.63) is 155 Å². The number of carbonyl (C=O) groups is 2. The van der Waals surface area contributed by atoms with Crippen LogP contribution in [0, 0.1) is 5.92 Å². The number of nitrogens with zero attached hydrogens (tertiary/aromatic N) is 3. The molecule has 8 rings (SSSR count). The van der Waals surface area contributed by atoms with Crippen molar-refractivity contribution in [1.29, 1.82) is 0 Å². The number of likely N-dealkylation sites (tertiary alicyclic amines) is 1. The first-order valence-electron chi connectivity index (χ1n) is 19.1. The second-order valence-electron chi connectivity index (χ2n) is 14.8. The number of hydrogen-bond donors (Lipinski definition) is 3. The molecule has 4 heterocycles. The first-order valence-corrected chi connectivity index (χ1v) is 19.1. The van der Waals surface area contributed by atoms with Crippen LogP contribution in [0.5, 0.6) is 0 Å². The summed E-state index contributed by atoms with van der Waals surface area (Å²) in [4.78, 5) is 34.7. The standard InChI is InChI=1S/C45H47N5O5/c1-31-40(28-49-22-19-45(20-23-49)44(53)48-30-50(45)39-13-3-2-4-14-39)54-43(55-41(31)34-17-15-32(29-51)16-18-34)37-11-6-10-36(25-37)35-9-5-8-33(24-35)26-47-42(52)38-12-7-21-46-27-38/h2-18,21,24-25,27,31,40-41,43,51H,19-20,22-23,26,28-30H2,1H3,(H,47,52)(H,48,53)/t31-,40+,41+,43+/m0/s1. The van der Waals surface area contributed by atoms with Crippen LogP contribution in [0.2, 0.25) is 0 Å². The second-order valence-corrected chi connectivity index (χ2v) is 14.8. The molecule has 5 aromatic rings. The maximum atomic E-state index is 13.3. The molecule has 0 bridgehead atoms. The van der Waals surface area contributed by atoms with E-state index in [1.165, 1.54) is 0 Å². The Balaban J connectivity index is 1.00. The first kappa shape index (κ1) is 36.6. The van der Waals surface area contributed by atoms with E-state index in [1.54, 1.807) is 24.5 Å². The van der Waals surface area contributed by atoms with Crippen molar-refractivity contribution in [3.63, 3.8) is 0 Å². The Morgan fingerprint density at radius 2 is 1.64 bits per heavy atom. The number of anilines is 1. The average Bonchev–Trinajstić information content (AvgIpc) is 3.56. The highest BCUT2D eigenvalue weighted by atomic mass is 16.7. The van der Waals surface area contributed by atoms with Crippen molar-refractivity contribution < 1.29 is 24.2 Å². The number of piperidine rings is 1. The highest BCUT2D eigenvalue weighted by molar-refractivity contribution is 5.94. The summed E-state index contributed by atoms with van der Waals surface area (Å²) in [6.07, 6.45) is 3.67. The summed E-state index contributed by atoms with van der Waals surface area (Å²) in [5, 5.41) is 15.8. The topological polar surface area (TPSA) is 116 Å². The van der Waals surface area contributed by atoms with E-state index in [0.717, 1.165) is 65.0 Å². The zero-order valence-corrected chi connectivity index (χ0v) is 31.0. The van der Waals surface area contributed by atoms with Gasteiger partial charge in [0.1, 0.15) is 5.54 Å². The van der Waals surface area contributed by atoms with E-state index in [4.69, 9.17) is 9.47 Å². The fourth-order valence-electron chi connectivity index (χ4n) is 8.23. The van der Waals surface area contributed by atoms with Gasteiger partial charge < -0.3 is 35.0 Å². The number of carbonyl (C=O) groups excluding carboxylic acids is 2. The average molecular weight is 738 g/mol. The molecule has 10 nitrogen and oxygen atoms in total. The Hall–Kier alpha value is -5.39. The molecule has 1 spiro atoms. The molecule has 282 valence electrons. The Morgan fingerprint density at radius 1 is 0.873 bits per heavy atom. The number of rotatable bonds is 10. The summed E-state index contributed by atoms with van der Waals surface area (Å²) < 4.78 is 13.7. The molecule has 55 heavy (non-hydrogen) atoms. The van der Waals surface area contributed by atoms with E-state index < -0.39 is 11.8 Å². The summed E-state index contributed by atoms with van der Waals surface area (Å²) in [7, 11) is 0. The SMILES string of the molecule is C[C@H]1[C@@H](CN2CCC3(CC2)C(=O)NCN3c2ccccc2)O[C@@H](c2cccc(-c3cccc(CNC(=O)c4cccnc4)c3)c2)O[C@H]1c1ccc(CO)cc1. The number of hydrogen-bond acceptors (Lipinski definition) is 8. The first-order chi connectivity index (χ1) is 26.9. The third-order valence-electron chi connectivity index (χ3n) is 11.4. The number of amides is 2. The molecule has 0 unspecified atom stereocenters. The Bertz CT molecular complexity index is 2090. The molecule has 3 saturated heterocycles. The Kier molecular flexibility index (Phi) is 10.7. The van der Waals surface area contributed by atoms with Crippen LogP contribution in [0.4, 0.5) is 5.69 Å². The zero-order valence-electron chi connectivity index (χ0n) is 31.0. The van der Waals surface area contributed by atoms with Crippen molar-refractivity contribution in [3.8, 4) is 11.1 Å². The molecule has 0 radical (unpaired) electrons. The lowest BCUT2D eigenvalue weighted by Gasteiger charge is -2.46. The minimum absolute atomic E-state index is 0.0171. The van der Waals surface area contributed by atoms with Gasteiger partial charge in [-0.2, -0.15) is 0 Å². The third-order valence-corrected chi connectivity index (χ3v) is 11.4. The van der Waals surface area contributed by atoms with Gasteiger partial charge >= 0.3 is 0 Å². The molecule has 0 aliphatic carbocycles. The molecule has 3 aliphatic heterocycles. The molecule has 4 aromatic carbocycles. The Morgan fingerprint density at radius 3 is 2.38 bits per heavy atom. The number of aliphatic hydroxyl groups is 1. The normalized spacial score (nSPS) is 22.4. The minimum atomic E-state index is -0.615. The van der Waals surface area contributed by atoms with Crippen LogP contribution in [0.25, 0.3) is 11.1 Å². The van der Waals surface area contributed by atoms with Gasteiger partial charge in [-0.3, -0.25) is 14.6 Å². The van der Waals surface area contributed by atoms with E-state index in [9.17, 15) is 14.7 Å². The van der Waals surface area contributed by atoms with Gasteiger partial charge in [0.15, 0.2) is 6.29 Å². The van der Waals surface area contributed by atoms with Gasteiger partial charge in [0.2, 0.25) is 5.91 Å². The summed E-state index contributed by atoms with van der Waals surface area (Å²) >= 11 is 0. The van der Waals surface area contributed by atoms with Crippen LogP contribution in [0.1, 0.15) is 64.8 Å². The van der Waals surface area contributed by atoms with E-state index in [0.29, 0.717) is 25.3 Å². The monoisotopic (exact) mass is 737 g/mol. The highest BCUT2D eigenvalue weighted by Gasteiger charge is 2.51. The maximum Gasteiger partial charge on any atom is 0.253 e. The van der Waals surface area contributed by atoms with Gasteiger partial charge in [0, 0.05) is 55.7 Å². The molecule has 3 aliphatic rings. The maximum absolute atomic E-state index is 13.3. The van der Waals surface area contributed by atoms with Gasteiger partial charge in [0.25, 0.3) is 5.91 Å². The summed E-state index contributed by atoms with van der Waals surface area (Å²) in [6.45, 7) is 5.34. The summed E-state index contributed by atoms with van der Waals surface area (Å²) in [6, 6.07) is 38.1. The molecule has 3 N–H and O–H groups in total. The fourth-order valence-corrected chi connectivity index (χ4v) is 8.23. The molecular weight excluding hydrogens is 691 g/mol. The summed E-state index contributed by atoms with van der Waals surface area (Å²) in [5.74, 6) is -0.0267. The van der Waals surface area contributed by atoms with Crippen LogP contribution >= 0.6 is 0 Å². The minimum Gasteiger partial charge on any atom is -0.392 e. The fraction of sp³-hybridized carbons (Fsp3) is 0.311. The number of aromatic nitrogens is 1. The number of benzene rings is 4. The van der Waals surface area contributed by atoms with Gasteiger partial charge in [0.05, 0.1) is 31.0 Å². The van der Waals surface area contributed by atoms with Crippen molar-refractivity contribution >= 4 is 17.5 Å². The second kappa shape index (κ2) is 16.1. The highest BCUT2D eigenvalue weighted by Crippen LogP contribution is 2.43. The molecule has 2 amide bonds. The molecule has 4 atom stereocenters. The predicted molar refractivity (Wildman–Crippen MR) is 211 cm³/mol. The largest absolute Gasteiger partial charge is 0.392 e. The molecule has 1 aromatic heterocycles. The van der Waals surface area contributed by atoms with Crippen molar-refractivity contribution in [2.45, 2.75) is 57.0 Å². The van der Waals surface area contributed by atoms with E-state index in [1.807, 2.05) is 66.7 Å². The van der Waals surface area contributed by atoms with Crippen LogP contribution in [-0.4, -0.2) is 64.8 Å². The van der Waals surface area contributed by atoms with Crippen LogP contribution in [0.15, 0.2) is 128 Å². The van der Waals surface area contributed by atoms with E-state index in [2.05, 4.69) is 68.7 Å². The van der Waals surface area contributed by atoms with Gasteiger partial charge in [-0.05, 0) is 77.1 Å². The molecule has 3 fully saturated rings. The third kappa shape index (κ3) is 7.77. The molecular formula is C45H47N5O5. The van der Waals surface area contributed by atoms with Gasteiger partial charge in [-0.1, -0.05) is 85.8 Å². The van der Waals surface area contributed by atoms with E-state index >= 15 is 0 Å².